The van der Waals surface area contributed by atoms with Gasteiger partial charge in [-0.15, -0.1) is 0 Å². The fourth-order valence-corrected chi connectivity index (χ4v) is 3.81. The molecule has 2 aromatic heterocycles. The van der Waals surface area contributed by atoms with Gasteiger partial charge in [-0.2, -0.15) is 5.10 Å². The number of carbonyl (C=O) groups is 1. The van der Waals surface area contributed by atoms with Gasteiger partial charge in [-0.3, -0.25) is 9.48 Å². The standard InChI is InChI=1S/C21H27N5O3/c1-15-4-5-18-16(12-15)20-17(21(28)29-18)13-23-26(20)14-19(27)22-6-3-7-25-10-8-24(2)9-11-25/h4-5,12-13H,3,6-11,14H2,1-2H3,(H,22,27). The van der Waals surface area contributed by atoms with Gasteiger partial charge in [0.2, 0.25) is 5.91 Å². The molecule has 8 heteroatoms. The maximum atomic E-state index is 12.4. The lowest BCUT2D eigenvalue weighted by Gasteiger charge is -2.32. The van der Waals surface area contributed by atoms with E-state index in [9.17, 15) is 9.59 Å². The Morgan fingerprint density at radius 3 is 2.79 bits per heavy atom. The lowest BCUT2D eigenvalue weighted by Crippen LogP contribution is -2.45. The van der Waals surface area contributed by atoms with Crippen molar-refractivity contribution < 1.29 is 9.21 Å². The summed E-state index contributed by atoms with van der Waals surface area (Å²) in [5.41, 5.74) is 1.76. The minimum atomic E-state index is -0.435. The van der Waals surface area contributed by atoms with Crippen molar-refractivity contribution in [2.45, 2.75) is 19.9 Å². The zero-order valence-electron chi connectivity index (χ0n) is 17.0. The fraction of sp³-hybridized carbons (Fsp3) is 0.476. The van der Waals surface area contributed by atoms with E-state index in [1.54, 1.807) is 10.7 Å². The van der Waals surface area contributed by atoms with E-state index in [-0.39, 0.29) is 12.5 Å². The molecule has 3 heterocycles. The summed E-state index contributed by atoms with van der Waals surface area (Å²) in [6.45, 7) is 8.03. The predicted molar refractivity (Wildman–Crippen MR) is 112 cm³/mol. The number of hydrogen-bond donors (Lipinski definition) is 1. The average Bonchev–Trinajstić information content (AvgIpc) is 3.12. The van der Waals surface area contributed by atoms with Crippen LogP contribution in [0.1, 0.15) is 12.0 Å². The molecule has 1 saturated heterocycles. The summed E-state index contributed by atoms with van der Waals surface area (Å²) < 4.78 is 6.96. The van der Waals surface area contributed by atoms with E-state index < -0.39 is 5.63 Å². The lowest BCUT2D eigenvalue weighted by atomic mass is 10.1. The maximum Gasteiger partial charge on any atom is 0.347 e. The third-order valence-corrected chi connectivity index (χ3v) is 5.51. The molecule has 0 saturated carbocycles. The van der Waals surface area contributed by atoms with Gasteiger partial charge in [0, 0.05) is 38.1 Å². The van der Waals surface area contributed by atoms with Gasteiger partial charge in [0.15, 0.2) is 0 Å². The van der Waals surface area contributed by atoms with Crippen molar-refractivity contribution in [2.75, 3.05) is 46.3 Å². The highest BCUT2D eigenvalue weighted by molar-refractivity contribution is 6.02. The molecule has 154 valence electrons. The highest BCUT2D eigenvalue weighted by atomic mass is 16.4. The SMILES string of the molecule is Cc1ccc2oc(=O)c3cnn(CC(=O)NCCCN4CCN(C)CC4)c3c2c1. The first-order chi connectivity index (χ1) is 14.0. The predicted octanol–water partition coefficient (Wildman–Crippen LogP) is 1.20. The first kappa shape index (κ1) is 19.6. The molecular formula is C21H27N5O3. The van der Waals surface area contributed by atoms with Gasteiger partial charge < -0.3 is 19.5 Å². The van der Waals surface area contributed by atoms with Gasteiger partial charge in [-0.05, 0) is 39.1 Å². The van der Waals surface area contributed by atoms with E-state index in [2.05, 4.69) is 27.3 Å². The third kappa shape index (κ3) is 4.33. The van der Waals surface area contributed by atoms with Gasteiger partial charge >= 0.3 is 5.63 Å². The fourth-order valence-electron chi connectivity index (χ4n) is 3.81. The molecule has 1 aromatic carbocycles. The summed E-state index contributed by atoms with van der Waals surface area (Å²) in [7, 11) is 2.14. The second kappa shape index (κ2) is 8.34. The molecule has 29 heavy (non-hydrogen) atoms. The monoisotopic (exact) mass is 397 g/mol. The molecule has 0 radical (unpaired) electrons. The van der Waals surface area contributed by atoms with Gasteiger partial charge in [0.25, 0.3) is 0 Å². The molecule has 0 aliphatic carbocycles. The number of benzene rings is 1. The zero-order valence-corrected chi connectivity index (χ0v) is 17.0. The number of piperazine rings is 1. The van der Waals surface area contributed by atoms with Crippen molar-refractivity contribution in [3.05, 3.63) is 40.4 Å². The van der Waals surface area contributed by atoms with Crippen LogP contribution in [0, 0.1) is 6.92 Å². The quantitative estimate of drug-likeness (QED) is 0.497. The Hall–Kier alpha value is -2.71. The van der Waals surface area contributed by atoms with Crippen LogP contribution in [0.5, 0.6) is 0 Å². The summed E-state index contributed by atoms with van der Waals surface area (Å²) in [5.74, 6) is -0.109. The van der Waals surface area contributed by atoms with Crippen LogP contribution in [-0.4, -0.2) is 71.8 Å². The van der Waals surface area contributed by atoms with Crippen molar-refractivity contribution in [1.29, 1.82) is 0 Å². The van der Waals surface area contributed by atoms with Crippen molar-refractivity contribution in [3.8, 4) is 0 Å². The highest BCUT2D eigenvalue weighted by Gasteiger charge is 2.16. The number of amides is 1. The van der Waals surface area contributed by atoms with Crippen LogP contribution in [0.15, 0.2) is 33.6 Å². The molecule has 1 N–H and O–H groups in total. The van der Waals surface area contributed by atoms with Crippen LogP contribution in [0.3, 0.4) is 0 Å². The van der Waals surface area contributed by atoms with Crippen LogP contribution in [-0.2, 0) is 11.3 Å². The van der Waals surface area contributed by atoms with E-state index >= 15 is 0 Å². The molecule has 4 rings (SSSR count). The first-order valence-corrected chi connectivity index (χ1v) is 10.1. The summed E-state index contributed by atoms with van der Waals surface area (Å²) in [5, 5.41) is 8.42. The smallest absolute Gasteiger partial charge is 0.347 e. The maximum absolute atomic E-state index is 12.4. The van der Waals surface area contributed by atoms with Crippen LogP contribution < -0.4 is 10.9 Å². The van der Waals surface area contributed by atoms with E-state index in [0.717, 1.165) is 50.1 Å². The van der Waals surface area contributed by atoms with E-state index in [0.29, 0.717) is 23.0 Å². The molecule has 1 aliphatic rings. The minimum absolute atomic E-state index is 0.0739. The molecule has 0 bridgehead atoms. The first-order valence-electron chi connectivity index (χ1n) is 10.1. The second-order valence-corrected chi connectivity index (χ2v) is 7.80. The lowest BCUT2D eigenvalue weighted by molar-refractivity contribution is -0.121. The number of hydrogen-bond acceptors (Lipinski definition) is 6. The van der Waals surface area contributed by atoms with Gasteiger partial charge in [0.05, 0.1) is 11.7 Å². The summed E-state index contributed by atoms with van der Waals surface area (Å²) >= 11 is 0. The average molecular weight is 397 g/mol. The molecule has 1 fully saturated rings. The Labute approximate surface area is 169 Å². The highest BCUT2D eigenvalue weighted by Crippen LogP contribution is 2.23. The minimum Gasteiger partial charge on any atom is -0.422 e. The summed E-state index contributed by atoms with van der Waals surface area (Å²) in [6, 6.07) is 5.62. The Balaban J connectivity index is 1.40. The molecule has 0 atom stereocenters. The molecule has 3 aromatic rings. The Morgan fingerprint density at radius 2 is 2.00 bits per heavy atom. The Morgan fingerprint density at radius 1 is 1.21 bits per heavy atom. The van der Waals surface area contributed by atoms with Gasteiger partial charge in [0.1, 0.15) is 17.5 Å². The number of rotatable bonds is 6. The summed E-state index contributed by atoms with van der Waals surface area (Å²) in [6.07, 6.45) is 2.39. The van der Waals surface area contributed by atoms with Gasteiger partial charge in [-0.25, -0.2) is 4.79 Å². The molecule has 0 unspecified atom stereocenters. The Kier molecular flexibility index (Phi) is 5.64. The molecule has 0 spiro atoms. The topological polar surface area (TPSA) is 83.6 Å². The van der Waals surface area contributed by atoms with Crippen molar-refractivity contribution in [3.63, 3.8) is 0 Å². The number of likely N-dealkylation sites (N-methyl/N-ethyl adjacent to an activating group) is 1. The van der Waals surface area contributed by atoms with Crippen LogP contribution in [0.2, 0.25) is 0 Å². The zero-order chi connectivity index (χ0) is 20.4. The van der Waals surface area contributed by atoms with E-state index in [1.165, 1.54) is 6.20 Å². The van der Waals surface area contributed by atoms with Crippen molar-refractivity contribution in [2.24, 2.45) is 0 Å². The van der Waals surface area contributed by atoms with Crippen molar-refractivity contribution >= 4 is 27.8 Å². The van der Waals surface area contributed by atoms with E-state index in [1.807, 2.05) is 19.1 Å². The van der Waals surface area contributed by atoms with Crippen LogP contribution >= 0.6 is 0 Å². The third-order valence-electron chi connectivity index (χ3n) is 5.51. The van der Waals surface area contributed by atoms with E-state index in [4.69, 9.17) is 4.42 Å². The number of carbonyl (C=O) groups excluding carboxylic acids is 1. The van der Waals surface area contributed by atoms with Gasteiger partial charge in [-0.1, -0.05) is 11.6 Å². The molecule has 8 nitrogen and oxygen atoms in total. The number of nitrogens with one attached hydrogen (secondary N) is 1. The molecule has 1 amide bonds. The second-order valence-electron chi connectivity index (χ2n) is 7.80. The normalized spacial score (nSPS) is 15.9. The molecular weight excluding hydrogens is 370 g/mol. The van der Waals surface area contributed by atoms with Crippen molar-refractivity contribution in [1.82, 2.24) is 24.9 Å². The molecule has 1 aliphatic heterocycles. The number of fused-ring (bicyclic) bond motifs is 3. The number of aromatic nitrogens is 2. The summed E-state index contributed by atoms with van der Waals surface area (Å²) in [4.78, 5) is 29.4. The van der Waals surface area contributed by atoms with Crippen LogP contribution in [0.4, 0.5) is 0 Å². The van der Waals surface area contributed by atoms with Crippen LogP contribution in [0.25, 0.3) is 21.9 Å². The number of nitrogens with zero attached hydrogens (tertiary/aromatic N) is 4. The Bertz CT molecular complexity index is 1080. The largest absolute Gasteiger partial charge is 0.422 e. The number of aryl methyl sites for hydroxylation is 1.